The minimum absolute atomic E-state index is 0.0956. The van der Waals surface area contributed by atoms with Gasteiger partial charge in [-0.05, 0) is 6.42 Å². The van der Waals surface area contributed by atoms with Crippen LogP contribution in [0.2, 0.25) is 6.04 Å². The van der Waals surface area contributed by atoms with Crippen LogP contribution in [0.15, 0.2) is 0 Å². The highest BCUT2D eigenvalue weighted by molar-refractivity contribution is 6.08. The van der Waals surface area contributed by atoms with E-state index in [2.05, 4.69) is 15.6 Å². The maximum Gasteiger partial charge on any atom is 0.307 e. The number of esters is 1. The fraction of sp³-hybridized carbons (Fsp3) is 0.875. The second-order valence-corrected chi connectivity index (χ2v) is 3.05. The van der Waals surface area contributed by atoms with Crippen LogP contribution in [0.25, 0.3) is 0 Å². The second kappa shape index (κ2) is 9.69. The van der Waals surface area contributed by atoms with Gasteiger partial charge >= 0.3 is 5.97 Å². The predicted octanol–water partition coefficient (Wildman–Crippen LogP) is -0.522. The van der Waals surface area contributed by atoms with Crippen LogP contribution < -0.4 is 5.32 Å². The summed E-state index contributed by atoms with van der Waals surface area (Å²) >= 11 is 0. The first-order valence-electron chi connectivity index (χ1n) is 4.43. The van der Waals surface area contributed by atoms with Gasteiger partial charge in [0.05, 0.1) is 19.6 Å². The molecule has 13 heavy (non-hydrogen) atoms. The lowest BCUT2D eigenvalue weighted by Gasteiger charge is -2.04. The average molecular weight is 202 g/mol. The standard InChI is InChI=1S/C8H16NO3Si/c10-5-4-9-3-2-8(11)12-6-1-7-13/h9-10H,1-7H2. The molecule has 0 aliphatic heterocycles. The average Bonchev–Trinajstić information content (AvgIpc) is 2.13. The molecule has 4 nitrogen and oxygen atoms in total. The number of carbonyl (C=O) groups is 1. The van der Waals surface area contributed by atoms with Crippen molar-refractivity contribution in [1.29, 1.82) is 0 Å². The zero-order valence-electron chi connectivity index (χ0n) is 7.71. The van der Waals surface area contributed by atoms with Crippen molar-refractivity contribution in [2.24, 2.45) is 0 Å². The summed E-state index contributed by atoms with van der Waals surface area (Å²) in [6.07, 6.45) is 1.20. The van der Waals surface area contributed by atoms with E-state index in [0.717, 1.165) is 12.5 Å². The van der Waals surface area contributed by atoms with Crippen LogP contribution in [-0.2, 0) is 9.53 Å². The molecule has 0 aliphatic carbocycles. The van der Waals surface area contributed by atoms with Crippen LogP contribution in [0, 0.1) is 0 Å². The quantitative estimate of drug-likeness (QED) is 0.316. The minimum atomic E-state index is -0.189. The molecule has 0 saturated carbocycles. The number of rotatable bonds is 8. The first-order valence-corrected chi connectivity index (χ1v) is 5.13. The van der Waals surface area contributed by atoms with Gasteiger partial charge in [-0.15, -0.1) is 0 Å². The van der Waals surface area contributed by atoms with Crippen molar-refractivity contribution in [2.45, 2.75) is 18.9 Å². The summed E-state index contributed by atoms with van der Waals surface area (Å²) in [7, 11) is 3.29. The third kappa shape index (κ3) is 9.52. The van der Waals surface area contributed by atoms with Crippen LogP contribution in [0.1, 0.15) is 12.8 Å². The van der Waals surface area contributed by atoms with Gasteiger partial charge in [0, 0.05) is 23.3 Å². The van der Waals surface area contributed by atoms with E-state index in [1.807, 2.05) is 0 Å². The van der Waals surface area contributed by atoms with E-state index in [-0.39, 0.29) is 12.6 Å². The Morgan fingerprint density at radius 2 is 2.23 bits per heavy atom. The molecular weight excluding hydrogens is 186 g/mol. The molecular formula is C8H16NO3Si. The van der Waals surface area contributed by atoms with Gasteiger partial charge in [-0.25, -0.2) is 0 Å². The highest BCUT2D eigenvalue weighted by atomic mass is 28.1. The summed E-state index contributed by atoms with van der Waals surface area (Å²) in [4.78, 5) is 10.9. The van der Waals surface area contributed by atoms with Crippen molar-refractivity contribution in [3.63, 3.8) is 0 Å². The Kier molecular flexibility index (Phi) is 9.40. The van der Waals surface area contributed by atoms with Gasteiger partial charge in [0.1, 0.15) is 0 Å². The van der Waals surface area contributed by atoms with Crippen molar-refractivity contribution in [3.05, 3.63) is 0 Å². The summed E-state index contributed by atoms with van der Waals surface area (Å²) in [6.45, 7) is 1.66. The molecule has 0 fully saturated rings. The summed E-state index contributed by atoms with van der Waals surface area (Å²) in [5.41, 5.74) is 0. The number of ether oxygens (including phenoxy) is 1. The van der Waals surface area contributed by atoms with Crippen LogP contribution in [0.5, 0.6) is 0 Å². The zero-order chi connectivity index (χ0) is 9.94. The zero-order valence-corrected chi connectivity index (χ0v) is 8.71. The van der Waals surface area contributed by atoms with E-state index in [1.54, 1.807) is 0 Å². The third-order valence-electron chi connectivity index (χ3n) is 1.38. The second-order valence-electron chi connectivity index (χ2n) is 2.55. The van der Waals surface area contributed by atoms with Crippen molar-refractivity contribution in [1.82, 2.24) is 5.32 Å². The lowest BCUT2D eigenvalue weighted by molar-refractivity contribution is -0.143. The van der Waals surface area contributed by atoms with E-state index in [0.29, 0.717) is 26.1 Å². The molecule has 0 unspecified atom stereocenters. The number of hydrogen-bond acceptors (Lipinski definition) is 4. The molecule has 0 bridgehead atoms. The van der Waals surface area contributed by atoms with Crippen molar-refractivity contribution in [2.75, 3.05) is 26.3 Å². The van der Waals surface area contributed by atoms with Gasteiger partial charge < -0.3 is 15.2 Å². The van der Waals surface area contributed by atoms with Crippen LogP contribution in [-0.4, -0.2) is 47.6 Å². The third-order valence-corrected chi connectivity index (χ3v) is 1.73. The molecule has 0 spiro atoms. The van der Waals surface area contributed by atoms with Gasteiger partial charge in [-0.1, -0.05) is 6.04 Å². The Morgan fingerprint density at radius 3 is 2.85 bits per heavy atom. The number of hydrogen-bond donors (Lipinski definition) is 2. The molecule has 2 N–H and O–H groups in total. The Hall–Kier alpha value is -0.393. The highest BCUT2D eigenvalue weighted by Crippen LogP contribution is 1.90. The molecule has 0 heterocycles. The predicted molar refractivity (Wildman–Crippen MR) is 50.7 cm³/mol. The molecule has 0 amide bonds. The van der Waals surface area contributed by atoms with Gasteiger partial charge in [-0.3, -0.25) is 4.79 Å². The Balaban J connectivity index is 3.11. The smallest absolute Gasteiger partial charge is 0.307 e. The molecule has 0 aliphatic rings. The molecule has 0 aromatic rings. The molecule has 0 saturated heterocycles. The molecule has 3 radical (unpaired) electrons. The van der Waals surface area contributed by atoms with Crippen LogP contribution in [0.3, 0.4) is 0 Å². The molecule has 0 aromatic carbocycles. The normalized spacial score (nSPS) is 10.0. The topological polar surface area (TPSA) is 58.6 Å². The number of aliphatic hydroxyl groups excluding tert-OH is 1. The Bertz CT molecular complexity index is 133. The van der Waals surface area contributed by atoms with Crippen molar-refractivity contribution < 1.29 is 14.6 Å². The maximum atomic E-state index is 10.9. The molecule has 0 atom stereocenters. The van der Waals surface area contributed by atoms with Gasteiger partial charge in [-0.2, -0.15) is 0 Å². The summed E-state index contributed by atoms with van der Waals surface area (Å²) in [5.74, 6) is -0.189. The van der Waals surface area contributed by atoms with Crippen LogP contribution in [0.4, 0.5) is 0 Å². The lowest BCUT2D eigenvalue weighted by Crippen LogP contribution is -2.22. The maximum absolute atomic E-state index is 10.9. The van der Waals surface area contributed by atoms with E-state index >= 15 is 0 Å². The van der Waals surface area contributed by atoms with Gasteiger partial charge in [0.15, 0.2) is 0 Å². The van der Waals surface area contributed by atoms with Gasteiger partial charge in [0.25, 0.3) is 0 Å². The first kappa shape index (κ1) is 12.6. The van der Waals surface area contributed by atoms with Gasteiger partial charge in [0.2, 0.25) is 0 Å². The summed E-state index contributed by atoms with van der Waals surface area (Å²) in [6, 6.07) is 0.843. The SMILES string of the molecule is O=C(CCNCCO)OCCC[Si]. The number of carbonyl (C=O) groups excluding carboxylic acids is 1. The molecule has 5 heteroatoms. The summed E-state index contributed by atoms with van der Waals surface area (Å²) < 4.78 is 4.89. The van der Waals surface area contributed by atoms with Crippen LogP contribution >= 0.6 is 0 Å². The monoisotopic (exact) mass is 202 g/mol. The van der Waals surface area contributed by atoms with Crippen molar-refractivity contribution >= 4 is 16.2 Å². The Morgan fingerprint density at radius 1 is 1.46 bits per heavy atom. The minimum Gasteiger partial charge on any atom is -0.466 e. The molecule has 75 valence electrons. The fourth-order valence-corrected chi connectivity index (χ4v) is 0.869. The Labute approximate surface area is 82.1 Å². The highest BCUT2D eigenvalue weighted by Gasteiger charge is 2.00. The first-order chi connectivity index (χ1) is 6.31. The van der Waals surface area contributed by atoms with E-state index in [4.69, 9.17) is 9.84 Å². The molecule has 0 rings (SSSR count). The fourth-order valence-electron chi connectivity index (χ4n) is 0.725. The summed E-state index contributed by atoms with van der Waals surface area (Å²) in [5, 5.41) is 11.3. The number of aliphatic hydroxyl groups is 1. The lowest BCUT2D eigenvalue weighted by atomic mass is 10.4. The number of nitrogens with one attached hydrogen (secondary N) is 1. The largest absolute Gasteiger partial charge is 0.466 e. The molecule has 0 aromatic heterocycles. The van der Waals surface area contributed by atoms with E-state index in [1.165, 1.54) is 0 Å². The van der Waals surface area contributed by atoms with Crippen molar-refractivity contribution in [3.8, 4) is 0 Å². The van der Waals surface area contributed by atoms with E-state index < -0.39 is 0 Å². The van der Waals surface area contributed by atoms with E-state index in [9.17, 15) is 4.79 Å².